The van der Waals surface area contributed by atoms with Gasteiger partial charge >= 0.3 is 0 Å². The highest BCUT2D eigenvalue weighted by atomic mass is 32.1. The van der Waals surface area contributed by atoms with E-state index in [-0.39, 0.29) is 5.54 Å². The van der Waals surface area contributed by atoms with Crippen molar-refractivity contribution in [3.63, 3.8) is 0 Å². The normalized spacial score (nSPS) is 19.0. The first-order chi connectivity index (χ1) is 8.10. The van der Waals surface area contributed by atoms with Crippen molar-refractivity contribution >= 4 is 21.4 Å². The van der Waals surface area contributed by atoms with Gasteiger partial charge in [-0.1, -0.05) is 25.0 Å². The number of hydrogen-bond donors (Lipinski definition) is 1. The lowest BCUT2D eigenvalue weighted by atomic mass is 9.89. The highest BCUT2D eigenvalue weighted by molar-refractivity contribution is 7.19. The van der Waals surface area contributed by atoms with Crippen molar-refractivity contribution in [3.05, 3.63) is 34.2 Å². The predicted molar refractivity (Wildman–Crippen MR) is 75.6 cm³/mol. The van der Waals surface area contributed by atoms with Crippen molar-refractivity contribution in [2.75, 3.05) is 0 Å². The summed E-state index contributed by atoms with van der Waals surface area (Å²) in [5.74, 6) is 0. The van der Waals surface area contributed by atoms with Gasteiger partial charge in [-0.15, -0.1) is 11.3 Å². The first kappa shape index (κ1) is 11.2. The van der Waals surface area contributed by atoms with Crippen LogP contribution >= 0.6 is 11.3 Å². The van der Waals surface area contributed by atoms with Crippen LogP contribution in [-0.2, 0) is 5.54 Å². The molecule has 1 aliphatic carbocycles. The van der Waals surface area contributed by atoms with E-state index in [2.05, 4.69) is 32.0 Å². The summed E-state index contributed by atoms with van der Waals surface area (Å²) in [7, 11) is 0. The molecule has 0 radical (unpaired) electrons. The molecule has 0 bridgehead atoms. The van der Waals surface area contributed by atoms with Crippen LogP contribution in [0.5, 0.6) is 0 Å². The Labute approximate surface area is 107 Å². The van der Waals surface area contributed by atoms with E-state index >= 15 is 0 Å². The third-order valence-corrected chi connectivity index (χ3v) is 5.42. The molecule has 3 rings (SSSR count). The molecule has 1 aliphatic rings. The average molecular weight is 245 g/mol. The fourth-order valence-corrected chi connectivity index (χ4v) is 4.06. The maximum absolute atomic E-state index is 6.52. The van der Waals surface area contributed by atoms with Crippen molar-refractivity contribution in [1.82, 2.24) is 0 Å². The third-order valence-electron chi connectivity index (χ3n) is 4.25. The van der Waals surface area contributed by atoms with Crippen molar-refractivity contribution in [1.29, 1.82) is 0 Å². The molecular weight excluding hydrogens is 226 g/mol. The Kier molecular flexibility index (Phi) is 2.53. The molecule has 1 saturated carbocycles. The molecule has 2 heteroatoms. The molecule has 1 aromatic heterocycles. The standard InChI is InChI=1S/C15H19NS/c1-10-11(2)17-14-9-12(5-6-13(10)14)15(16)7-3-4-8-15/h5-6,9H,3-4,7-8,16H2,1-2H3. The molecule has 0 atom stereocenters. The largest absolute Gasteiger partial charge is 0.321 e. The van der Waals surface area contributed by atoms with Gasteiger partial charge in [0.1, 0.15) is 0 Å². The zero-order valence-electron chi connectivity index (χ0n) is 10.5. The second-order valence-electron chi connectivity index (χ2n) is 5.36. The smallest absolute Gasteiger partial charge is 0.0410 e. The molecular formula is C15H19NS. The monoisotopic (exact) mass is 245 g/mol. The molecule has 0 spiro atoms. The molecule has 17 heavy (non-hydrogen) atoms. The maximum atomic E-state index is 6.52. The Bertz CT molecular complexity index is 562. The molecule has 1 fully saturated rings. The first-order valence-electron chi connectivity index (χ1n) is 6.39. The summed E-state index contributed by atoms with van der Waals surface area (Å²) in [6.07, 6.45) is 4.83. The van der Waals surface area contributed by atoms with Gasteiger partial charge in [-0.2, -0.15) is 0 Å². The summed E-state index contributed by atoms with van der Waals surface area (Å²) in [4.78, 5) is 1.43. The van der Waals surface area contributed by atoms with Gasteiger partial charge in [0, 0.05) is 15.1 Å². The number of fused-ring (bicyclic) bond motifs is 1. The highest BCUT2D eigenvalue weighted by Gasteiger charge is 2.31. The zero-order chi connectivity index (χ0) is 12.0. The van der Waals surface area contributed by atoms with Crippen LogP contribution < -0.4 is 5.73 Å². The topological polar surface area (TPSA) is 26.0 Å². The van der Waals surface area contributed by atoms with Crippen LogP contribution in [0.25, 0.3) is 10.1 Å². The van der Waals surface area contributed by atoms with Gasteiger partial charge in [0.2, 0.25) is 0 Å². The lowest BCUT2D eigenvalue weighted by molar-refractivity contribution is 0.462. The summed E-state index contributed by atoms with van der Waals surface area (Å²) in [6, 6.07) is 6.83. The molecule has 90 valence electrons. The Balaban J connectivity index is 2.13. The van der Waals surface area contributed by atoms with Gasteiger partial charge in [-0.25, -0.2) is 0 Å². The minimum Gasteiger partial charge on any atom is -0.321 e. The van der Waals surface area contributed by atoms with E-state index in [0.29, 0.717) is 0 Å². The number of nitrogens with two attached hydrogens (primary N) is 1. The lowest BCUT2D eigenvalue weighted by Gasteiger charge is -2.24. The molecule has 2 N–H and O–H groups in total. The summed E-state index contributed by atoms with van der Waals surface area (Å²) < 4.78 is 1.40. The second-order valence-corrected chi connectivity index (χ2v) is 6.61. The van der Waals surface area contributed by atoms with Gasteiger partial charge in [-0.3, -0.25) is 0 Å². The van der Waals surface area contributed by atoms with Crippen LogP contribution in [0.3, 0.4) is 0 Å². The number of aryl methyl sites for hydroxylation is 2. The third kappa shape index (κ3) is 1.71. The van der Waals surface area contributed by atoms with Gasteiger partial charge in [0.15, 0.2) is 0 Å². The van der Waals surface area contributed by atoms with E-state index < -0.39 is 0 Å². The summed E-state index contributed by atoms with van der Waals surface area (Å²) >= 11 is 1.89. The minimum atomic E-state index is -0.0556. The molecule has 0 saturated heterocycles. The van der Waals surface area contributed by atoms with E-state index in [1.165, 1.54) is 38.9 Å². The number of benzene rings is 1. The van der Waals surface area contributed by atoms with Crippen molar-refractivity contribution in [3.8, 4) is 0 Å². The molecule has 1 nitrogen and oxygen atoms in total. The van der Waals surface area contributed by atoms with Crippen LogP contribution in [0.15, 0.2) is 18.2 Å². The molecule has 0 aliphatic heterocycles. The summed E-state index contributed by atoms with van der Waals surface area (Å²) in [6.45, 7) is 4.41. The SMILES string of the molecule is Cc1sc2cc(C3(N)CCCC3)ccc2c1C. The van der Waals surface area contributed by atoms with Crippen LogP contribution in [0, 0.1) is 13.8 Å². The van der Waals surface area contributed by atoms with Crippen molar-refractivity contribution in [2.45, 2.75) is 45.1 Å². The molecule has 0 unspecified atom stereocenters. The Hall–Kier alpha value is -0.860. The fraction of sp³-hybridized carbons (Fsp3) is 0.467. The van der Waals surface area contributed by atoms with E-state index in [4.69, 9.17) is 5.73 Å². The van der Waals surface area contributed by atoms with Gasteiger partial charge < -0.3 is 5.73 Å². The number of hydrogen-bond acceptors (Lipinski definition) is 2. The predicted octanol–water partition coefficient (Wildman–Crippen LogP) is 4.25. The van der Waals surface area contributed by atoms with Gasteiger partial charge in [0.05, 0.1) is 0 Å². The summed E-state index contributed by atoms with van der Waals surface area (Å²) in [5, 5.41) is 1.40. The fourth-order valence-electron chi connectivity index (χ4n) is 2.95. The van der Waals surface area contributed by atoms with Crippen LogP contribution in [0.4, 0.5) is 0 Å². The zero-order valence-corrected chi connectivity index (χ0v) is 11.4. The Morgan fingerprint density at radius 2 is 1.88 bits per heavy atom. The summed E-state index contributed by atoms with van der Waals surface area (Å²) in [5.41, 5.74) is 9.23. The maximum Gasteiger partial charge on any atom is 0.0410 e. The van der Waals surface area contributed by atoms with Crippen molar-refractivity contribution < 1.29 is 0 Å². The lowest BCUT2D eigenvalue weighted by Crippen LogP contribution is -2.32. The average Bonchev–Trinajstić information content (AvgIpc) is 2.86. The second kappa shape index (κ2) is 3.82. The van der Waals surface area contributed by atoms with Crippen LogP contribution in [0.1, 0.15) is 41.7 Å². The molecule has 2 aromatic rings. The highest BCUT2D eigenvalue weighted by Crippen LogP contribution is 2.39. The van der Waals surface area contributed by atoms with Crippen molar-refractivity contribution in [2.24, 2.45) is 5.73 Å². The van der Waals surface area contributed by atoms with E-state index in [1.807, 2.05) is 11.3 Å². The van der Waals surface area contributed by atoms with Crippen LogP contribution in [-0.4, -0.2) is 0 Å². The number of rotatable bonds is 1. The van der Waals surface area contributed by atoms with Gasteiger partial charge in [0.25, 0.3) is 0 Å². The molecule has 1 heterocycles. The Morgan fingerprint density at radius 1 is 1.18 bits per heavy atom. The van der Waals surface area contributed by atoms with E-state index in [9.17, 15) is 0 Å². The Morgan fingerprint density at radius 3 is 2.59 bits per heavy atom. The first-order valence-corrected chi connectivity index (χ1v) is 7.21. The molecule has 1 aromatic carbocycles. The van der Waals surface area contributed by atoms with E-state index in [1.54, 1.807) is 0 Å². The minimum absolute atomic E-state index is 0.0556. The quantitative estimate of drug-likeness (QED) is 0.798. The molecule has 0 amide bonds. The van der Waals surface area contributed by atoms with Gasteiger partial charge in [-0.05, 0) is 49.3 Å². The number of thiophene rings is 1. The van der Waals surface area contributed by atoms with E-state index in [0.717, 1.165) is 12.8 Å². The van der Waals surface area contributed by atoms with Crippen LogP contribution in [0.2, 0.25) is 0 Å².